The maximum Gasteiger partial charge on any atom is 0.253 e. The van der Waals surface area contributed by atoms with E-state index in [1.165, 1.54) is 0 Å². The summed E-state index contributed by atoms with van der Waals surface area (Å²) in [6.07, 6.45) is 1.64. The summed E-state index contributed by atoms with van der Waals surface area (Å²) in [7, 11) is 0. The zero-order chi connectivity index (χ0) is 18.5. The molecule has 2 aromatic carbocycles. The lowest BCUT2D eigenvalue weighted by Crippen LogP contribution is -2.45. The SMILES string of the molecule is Cc1ccccc1CNC(=O)C1CCCN(C(=O)c2ccc(Cl)cc2)C1. The molecule has 1 unspecified atom stereocenters. The number of likely N-dealkylation sites (tertiary alicyclic amines) is 1. The minimum Gasteiger partial charge on any atom is -0.352 e. The van der Waals surface area contributed by atoms with Crippen LogP contribution in [-0.4, -0.2) is 29.8 Å². The van der Waals surface area contributed by atoms with Crippen LogP contribution in [0.3, 0.4) is 0 Å². The second-order valence-corrected chi connectivity index (χ2v) is 7.18. The number of carbonyl (C=O) groups is 2. The number of carbonyl (C=O) groups excluding carboxylic acids is 2. The number of rotatable bonds is 4. The third-order valence-corrected chi connectivity index (χ3v) is 5.14. The van der Waals surface area contributed by atoms with E-state index in [-0.39, 0.29) is 17.7 Å². The third kappa shape index (κ3) is 4.44. The number of hydrogen-bond donors (Lipinski definition) is 1. The zero-order valence-corrected chi connectivity index (χ0v) is 15.6. The van der Waals surface area contributed by atoms with Crippen molar-refractivity contribution < 1.29 is 9.59 Å². The van der Waals surface area contributed by atoms with Crippen molar-refractivity contribution in [3.8, 4) is 0 Å². The largest absolute Gasteiger partial charge is 0.352 e. The number of nitrogens with zero attached hydrogens (tertiary/aromatic N) is 1. The molecule has 136 valence electrons. The van der Waals surface area contributed by atoms with Gasteiger partial charge in [0.2, 0.25) is 5.91 Å². The fourth-order valence-corrected chi connectivity index (χ4v) is 3.41. The molecule has 2 aromatic rings. The minimum atomic E-state index is -0.163. The first-order valence-electron chi connectivity index (χ1n) is 8.91. The Morgan fingerprint density at radius 1 is 1.15 bits per heavy atom. The van der Waals surface area contributed by atoms with Gasteiger partial charge in [0.1, 0.15) is 0 Å². The number of aryl methyl sites for hydroxylation is 1. The van der Waals surface area contributed by atoms with E-state index in [4.69, 9.17) is 11.6 Å². The summed E-state index contributed by atoms with van der Waals surface area (Å²) in [4.78, 5) is 27.0. The van der Waals surface area contributed by atoms with E-state index in [9.17, 15) is 9.59 Å². The van der Waals surface area contributed by atoms with Gasteiger partial charge in [-0.15, -0.1) is 0 Å². The van der Waals surface area contributed by atoms with Crippen LogP contribution in [0.15, 0.2) is 48.5 Å². The molecule has 1 fully saturated rings. The lowest BCUT2D eigenvalue weighted by atomic mass is 9.96. The molecule has 1 atom stereocenters. The molecule has 1 aliphatic rings. The predicted molar refractivity (Wildman–Crippen MR) is 103 cm³/mol. The van der Waals surface area contributed by atoms with Crippen LogP contribution >= 0.6 is 11.6 Å². The van der Waals surface area contributed by atoms with Gasteiger partial charge in [-0.05, 0) is 55.2 Å². The Kier molecular flexibility index (Phi) is 5.94. The van der Waals surface area contributed by atoms with Crippen molar-refractivity contribution in [1.29, 1.82) is 0 Å². The van der Waals surface area contributed by atoms with Crippen LogP contribution in [0.5, 0.6) is 0 Å². The van der Waals surface area contributed by atoms with Gasteiger partial charge in [0, 0.05) is 30.2 Å². The van der Waals surface area contributed by atoms with Gasteiger partial charge in [-0.1, -0.05) is 35.9 Å². The van der Waals surface area contributed by atoms with Crippen molar-refractivity contribution in [2.75, 3.05) is 13.1 Å². The third-order valence-electron chi connectivity index (χ3n) is 4.88. The number of piperidine rings is 1. The standard InChI is InChI=1S/C21H23ClN2O2/c1-15-5-2-3-6-17(15)13-23-20(25)18-7-4-12-24(14-18)21(26)16-8-10-19(22)11-9-16/h2-3,5-6,8-11,18H,4,7,12-14H2,1H3,(H,23,25). The number of hydrogen-bond acceptors (Lipinski definition) is 2. The van der Waals surface area contributed by atoms with Crippen molar-refractivity contribution in [2.24, 2.45) is 5.92 Å². The van der Waals surface area contributed by atoms with Gasteiger partial charge >= 0.3 is 0 Å². The first-order valence-corrected chi connectivity index (χ1v) is 9.29. The molecule has 1 heterocycles. The van der Waals surface area contributed by atoms with Crippen molar-refractivity contribution in [2.45, 2.75) is 26.3 Å². The highest BCUT2D eigenvalue weighted by molar-refractivity contribution is 6.30. The Balaban J connectivity index is 1.59. The molecule has 5 heteroatoms. The van der Waals surface area contributed by atoms with Gasteiger partial charge in [0.05, 0.1) is 5.92 Å². The average molecular weight is 371 g/mol. The normalized spacial score (nSPS) is 17.0. The van der Waals surface area contributed by atoms with Crippen molar-refractivity contribution in [1.82, 2.24) is 10.2 Å². The fraction of sp³-hybridized carbons (Fsp3) is 0.333. The van der Waals surface area contributed by atoms with Gasteiger partial charge in [-0.25, -0.2) is 0 Å². The second kappa shape index (κ2) is 8.37. The van der Waals surface area contributed by atoms with Crippen molar-refractivity contribution in [3.63, 3.8) is 0 Å². The molecular weight excluding hydrogens is 348 g/mol. The van der Waals surface area contributed by atoms with Crippen molar-refractivity contribution in [3.05, 3.63) is 70.2 Å². The lowest BCUT2D eigenvalue weighted by molar-refractivity contribution is -0.126. The highest BCUT2D eigenvalue weighted by Crippen LogP contribution is 2.20. The van der Waals surface area contributed by atoms with Gasteiger partial charge in [0.25, 0.3) is 5.91 Å². The number of amides is 2. The summed E-state index contributed by atoms with van der Waals surface area (Å²) in [5.41, 5.74) is 2.89. The molecule has 0 aromatic heterocycles. The van der Waals surface area contributed by atoms with Crippen LogP contribution in [0.2, 0.25) is 5.02 Å². The summed E-state index contributed by atoms with van der Waals surface area (Å²) >= 11 is 5.89. The topological polar surface area (TPSA) is 49.4 Å². The quantitative estimate of drug-likeness (QED) is 0.889. The number of halogens is 1. The summed E-state index contributed by atoms with van der Waals surface area (Å²) in [6.45, 7) is 3.70. The van der Waals surface area contributed by atoms with E-state index in [2.05, 4.69) is 5.32 Å². The molecule has 4 nitrogen and oxygen atoms in total. The Hall–Kier alpha value is -2.33. The molecule has 0 radical (unpaired) electrons. The zero-order valence-electron chi connectivity index (χ0n) is 14.9. The van der Waals surface area contributed by atoms with E-state index in [1.54, 1.807) is 29.2 Å². The molecule has 1 saturated heterocycles. The Morgan fingerprint density at radius 2 is 1.88 bits per heavy atom. The van der Waals surface area contributed by atoms with E-state index in [1.807, 2.05) is 31.2 Å². The van der Waals surface area contributed by atoms with Gasteiger partial charge < -0.3 is 10.2 Å². The minimum absolute atomic E-state index is 0.0156. The number of benzene rings is 2. The first kappa shape index (κ1) is 18.5. The molecule has 1 N–H and O–H groups in total. The lowest BCUT2D eigenvalue weighted by Gasteiger charge is -2.32. The highest BCUT2D eigenvalue weighted by atomic mass is 35.5. The summed E-state index contributed by atoms with van der Waals surface area (Å²) in [5, 5.41) is 3.63. The monoisotopic (exact) mass is 370 g/mol. The summed E-state index contributed by atoms with van der Waals surface area (Å²) in [5.74, 6) is -0.191. The highest BCUT2D eigenvalue weighted by Gasteiger charge is 2.28. The summed E-state index contributed by atoms with van der Waals surface area (Å²) < 4.78 is 0. The molecule has 0 spiro atoms. The molecule has 26 heavy (non-hydrogen) atoms. The fourth-order valence-electron chi connectivity index (χ4n) is 3.29. The van der Waals surface area contributed by atoms with Gasteiger partial charge in [-0.3, -0.25) is 9.59 Å². The van der Waals surface area contributed by atoms with E-state index >= 15 is 0 Å². The second-order valence-electron chi connectivity index (χ2n) is 6.74. The van der Waals surface area contributed by atoms with Crippen LogP contribution < -0.4 is 5.32 Å². The average Bonchev–Trinajstić information content (AvgIpc) is 2.67. The van der Waals surface area contributed by atoms with Crippen LogP contribution in [0.1, 0.15) is 34.3 Å². The number of nitrogens with one attached hydrogen (secondary N) is 1. The molecule has 1 aliphatic heterocycles. The Morgan fingerprint density at radius 3 is 2.62 bits per heavy atom. The maximum absolute atomic E-state index is 12.7. The smallest absolute Gasteiger partial charge is 0.253 e. The van der Waals surface area contributed by atoms with E-state index in [0.29, 0.717) is 30.2 Å². The first-order chi connectivity index (χ1) is 12.5. The Bertz CT molecular complexity index is 789. The van der Waals surface area contributed by atoms with Crippen LogP contribution in [0.4, 0.5) is 0 Å². The Labute approximate surface area is 159 Å². The molecule has 2 amide bonds. The van der Waals surface area contributed by atoms with E-state index in [0.717, 1.165) is 24.0 Å². The van der Waals surface area contributed by atoms with Gasteiger partial charge in [0.15, 0.2) is 0 Å². The van der Waals surface area contributed by atoms with Gasteiger partial charge in [-0.2, -0.15) is 0 Å². The van der Waals surface area contributed by atoms with E-state index < -0.39 is 0 Å². The van der Waals surface area contributed by atoms with Crippen LogP contribution in [0, 0.1) is 12.8 Å². The van der Waals surface area contributed by atoms with Crippen LogP contribution in [-0.2, 0) is 11.3 Å². The summed E-state index contributed by atoms with van der Waals surface area (Å²) in [6, 6.07) is 14.9. The predicted octanol–water partition coefficient (Wildman–Crippen LogP) is 3.82. The van der Waals surface area contributed by atoms with Crippen molar-refractivity contribution >= 4 is 23.4 Å². The molecule has 0 saturated carbocycles. The molecular formula is C21H23ClN2O2. The maximum atomic E-state index is 12.7. The molecule has 0 aliphatic carbocycles. The molecule has 0 bridgehead atoms. The van der Waals surface area contributed by atoms with Crippen LogP contribution in [0.25, 0.3) is 0 Å². The molecule has 3 rings (SSSR count).